The maximum Gasteiger partial charge on any atom is 0.275 e. The molecule has 1 aromatic heterocycles. The van der Waals surface area contributed by atoms with Gasteiger partial charge in [0.15, 0.2) is 0 Å². The third-order valence-corrected chi connectivity index (χ3v) is 5.66. The van der Waals surface area contributed by atoms with Crippen LogP contribution >= 0.6 is 11.3 Å². The fourth-order valence-electron chi connectivity index (χ4n) is 3.04. The van der Waals surface area contributed by atoms with Gasteiger partial charge >= 0.3 is 0 Å². The van der Waals surface area contributed by atoms with E-state index in [9.17, 15) is 4.79 Å². The Hall–Kier alpha value is -3.44. The zero-order valence-electron chi connectivity index (χ0n) is 16.9. The number of aromatic nitrogens is 1. The van der Waals surface area contributed by atoms with Gasteiger partial charge in [-0.1, -0.05) is 42.0 Å². The lowest BCUT2D eigenvalue weighted by atomic mass is 10.1. The molecule has 3 aromatic carbocycles. The topological polar surface area (TPSA) is 51.2 Å². The molecule has 0 fully saturated rings. The van der Waals surface area contributed by atoms with Crippen LogP contribution in [0.2, 0.25) is 0 Å². The minimum Gasteiger partial charge on any atom is -0.489 e. The molecule has 0 aliphatic heterocycles. The second-order valence-corrected chi connectivity index (χ2v) is 7.96. The number of nitrogens with zero attached hydrogens (tertiary/aromatic N) is 1. The second-order valence-electron chi connectivity index (χ2n) is 7.10. The average molecular weight is 415 g/mol. The highest BCUT2D eigenvalue weighted by molar-refractivity contribution is 7.13. The first kappa shape index (κ1) is 19.9. The molecule has 1 amide bonds. The van der Waals surface area contributed by atoms with Gasteiger partial charge in [0, 0.05) is 16.6 Å². The number of carbonyl (C=O) groups is 1. The predicted molar refractivity (Wildman–Crippen MR) is 122 cm³/mol. The Bertz CT molecular complexity index is 1150. The molecule has 4 aromatic rings. The highest BCUT2D eigenvalue weighted by atomic mass is 32.1. The zero-order valence-corrected chi connectivity index (χ0v) is 17.7. The molecule has 0 aliphatic carbocycles. The summed E-state index contributed by atoms with van der Waals surface area (Å²) in [6, 6.07) is 23.6. The van der Waals surface area contributed by atoms with Gasteiger partial charge in [-0.25, -0.2) is 4.98 Å². The molecule has 0 bridgehead atoms. The van der Waals surface area contributed by atoms with E-state index in [1.54, 1.807) is 5.38 Å². The first-order valence-corrected chi connectivity index (χ1v) is 10.6. The van der Waals surface area contributed by atoms with E-state index in [-0.39, 0.29) is 5.91 Å². The number of rotatable bonds is 6. The van der Waals surface area contributed by atoms with Crippen molar-refractivity contribution in [2.24, 2.45) is 0 Å². The van der Waals surface area contributed by atoms with E-state index in [0.29, 0.717) is 12.3 Å². The van der Waals surface area contributed by atoms with Gasteiger partial charge < -0.3 is 10.1 Å². The Balaban J connectivity index is 1.40. The Morgan fingerprint density at radius 3 is 2.53 bits per heavy atom. The summed E-state index contributed by atoms with van der Waals surface area (Å²) in [7, 11) is 0. The van der Waals surface area contributed by atoms with Crippen molar-refractivity contribution < 1.29 is 9.53 Å². The first-order valence-electron chi connectivity index (χ1n) is 9.70. The van der Waals surface area contributed by atoms with Crippen molar-refractivity contribution in [3.63, 3.8) is 0 Å². The summed E-state index contributed by atoms with van der Waals surface area (Å²) in [5, 5.41) is 5.43. The monoisotopic (exact) mass is 414 g/mol. The van der Waals surface area contributed by atoms with E-state index in [2.05, 4.69) is 42.3 Å². The number of benzene rings is 3. The van der Waals surface area contributed by atoms with E-state index in [0.717, 1.165) is 22.0 Å². The number of aryl methyl sites for hydroxylation is 2. The molecule has 0 radical (unpaired) electrons. The largest absolute Gasteiger partial charge is 0.489 e. The van der Waals surface area contributed by atoms with Crippen LogP contribution in [0.15, 0.2) is 78.2 Å². The average Bonchev–Trinajstić information content (AvgIpc) is 3.26. The van der Waals surface area contributed by atoms with E-state index < -0.39 is 0 Å². The predicted octanol–water partition coefficient (Wildman–Crippen LogP) is 6.26. The highest BCUT2D eigenvalue weighted by Gasteiger charge is 2.12. The Labute approximate surface area is 180 Å². The van der Waals surface area contributed by atoms with Crippen LogP contribution in [0, 0.1) is 13.8 Å². The molecule has 4 nitrogen and oxygen atoms in total. The number of hydrogen-bond acceptors (Lipinski definition) is 4. The molecular weight excluding hydrogens is 392 g/mol. The molecule has 0 atom stereocenters. The first-order chi connectivity index (χ1) is 14.6. The molecule has 0 saturated heterocycles. The Kier molecular flexibility index (Phi) is 5.91. The maximum atomic E-state index is 12.4. The van der Waals surface area contributed by atoms with Crippen LogP contribution in [0.25, 0.3) is 10.6 Å². The van der Waals surface area contributed by atoms with Crippen LogP contribution < -0.4 is 10.1 Å². The number of carbonyl (C=O) groups excluding carboxylic acids is 1. The summed E-state index contributed by atoms with van der Waals surface area (Å²) in [5.74, 6) is 0.593. The van der Waals surface area contributed by atoms with Crippen LogP contribution in [0.1, 0.15) is 27.2 Å². The standard InChI is InChI=1S/C25H22N2O2S/c1-17-8-9-18(2)20(14-17)15-29-22-12-10-19(11-13-22)25-27-23(16-30-25)24(28)26-21-6-4-3-5-7-21/h3-14,16H,15H2,1-2H3,(H,26,28). The zero-order chi connectivity index (χ0) is 20.9. The molecule has 1 heterocycles. The fourth-order valence-corrected chi connectivity index (χ4v) is 3.84. The molecule has 0 spiro atoms. The molecule has 4 rings (SSSR count). The summed E-state index contributed by atoms with van der Waals surface area (Å²) >= 11 is 1.45. The van der Waals surface area contributed by atoms with Gasteiger partial charge in [0.05, 0.1) is 0 Å². The Morgan fingerprint density at radius 1 is 1.00 bits per heavy atom. The minimum atomic E-state index is -0.211. The molecule has 1 N–H and O–H groups in total. The van der Waals surface area contributed by atoms with Crippen molar-refractivity contribution in [3.8, 4) is 16.3 Å². The van der Waals surface area contributed by atoms with Crippen LogP contribution in [-0.4, -0.2) is 10.9 Å². The quantitative estimate of drug-likeness (QED) is 0.405. The van der Waals surface area contributed by atoms with Crippen LogP contribution in [0.5, 0.6) is 5.75 Å². The van der Waals surface area contributed by atoms with Gasteiger partial charge in [0.2, 0.25) is 0 Å². The second kappa shape index (κ2) is 8.93. The van der Waals surface area contributed by atoms with Crippen molar-refractivity contribution in [2.45, 2.75) is 20.5 Å². The van der Waals surface area contributed by atoms with Crippen molar-refractivity contribution in [1.29, 1.82) is 0 Å². The van der Waals surface area contributed by atoms with Gasteiger partial charge in [-0.15, -0.1) is 11.3 Å². The van der Waals surface area contributed by atoms with Crippen LogP contribution in [0.3, 0.4) is 0 Å². The van der Waals surface area contributed by atoms with Crippen LogP contribution in [-0.2, 0) is 6.61 Å². The Morgan fingerprint density at radius 2 is 1.77 bits per heavy atom. The fraction of sp³-hybridized carbons (Fsp3) is 0.120. The number of anilines is 1. The third kappa shape index (κ3) is 4.75. The number of thiazole rings is 1. The summed E-state index contributed by atoms with van der Waals surface area (Å²) in [5.41, 5.74) is 5.76. The molecular formula is C25H22N2O2S. The molecule has 30 heavy (non-hydrogen) atoms. The minimum absolute atomic E-state index is 0.211. The lowest BCUT2D eigenvalue weighted by Crippen LogP contribution is -2.12. The normalized spacial score (nSPS) is 10.6. The van der Waals surface area contributed by atoms with Crippen molar-refractivity contribution in [2.75, 3.05) is 5.32 Å². The molecule has 0 saturated carbocycles. The number of amides is 1. The van der Waals surface area contributed by atoms with Crippen molar-refractivity contribution in [3.05, 3.63) is 101 Å². The van der Waals surface area contributed by atoms with Gasteiger partial charge in [-0.05, 0) is 61.4 Å². The summed E-state index contributed by atoms with van der Waals surface area (Å²) in [4.78, 5) is 16.9. The summed E-state index contributed by atoms with van der Waals surface area (Å²) in [6.07, 6.45) is 0. The van der Waals surface area contributed by atoms with Crippen molar-refractivity contribution in [1.82, 2.24) is 4.98 Å². The lowest BCUT2D eigenvalue weighted by molar-refractivity contribution is 0.102. The van der Waals surface area contributed by atoms with Gasteiger partial charge in [0.25, 0.3) is 5.91 Å². The number of ether oxygens (including phenoxy) is 1. The van der Waals surface area contributed by atoms with Crippen LogP contribution in [0.4, 0.5) is 5.69 Å². The maximum absolute atomic E-state index is 12.4. The summed E-state index contributed by atoms with van der Waals surface area (Å²) < 4.78 is 5.95. The van der Waals surface area contributed by atoms with Gasteiger partial charge in [0.1, 0.15) is 23.1 Å². The number of hydrogen-bond donors (Lipinski definition) is 1. The van der Waals surface area contributed by atoms with Gasteiger partial charge in [-0.3, -0.25) is 4.79 Å². The van der Waals surface area contributed by atoms with E-state index >= 15 is 0 Å². The van der Waals surface area contributed by atoms with E-state index in [1.807, 2.05) is 54.6 Å². The molecule has 0 aliphatic rings. The highest BCUT2D eigenvalue weighted by Crippen LogP contribution is 2.26. The SMILES string of the molecule is Cc1ccc(C)c(COc2ccc(-c3nc(C(=O)Nc4ccccc4)cs3)cc2)c1. The lowest BCUT2D eigenvalue weighted by Gasteiger charge is -2.10. The van der Waals surface area contributed by atoms with E-state index in [4.69, 9.17) is 4.74 Å². The van der Waals surface area contributed by atoms with Crippen molar-refractivity contribution >= 4 is 22.9 Å². The molecule has 0 unspecified atom stereocenters. The van der Waals surface area contributed by atoms with E-state index in [1.165, 1.54) is 28.0 Å². The molecule has 5 heteroatoms. The van der Waals surface area contributed by atoms with Gasteiger partial charge in [-0.2, -0.15) is 0 Å². The summed E-state index contributed by atoms with van der Waals surface area (Å²) in [6.45, 7) is 4.71. The smallest absolute Gasteiger partial charge is 0.275 e. The third-order valence-electron chi connectivity index (χ3n) is 4.77. The number of nitrogens with one attached hydrogen (secondary N) is 1. The molecule has 150 valence electrons. The number of para-hydroxylation sites is 1.